The minimum atomic E-state index is -0.00273. The van der Waals surface area contributed by atoms with E-state index in [9.17, 15) is 0 Å². The van der Waals surface area contributed by atoms with Crippen molar-refractivity contribution in [3.63, 3.8) is 0 Å². The molecular weight excluding hydrogens is 681 g/mol. The summed E-state index contributed by atoms with van der Waals surface area (Å²) in [4.78, 5) is 15.8. The van der Waals surface area contributed by atoms with Gasteiger partial charge in [0.05, 0.1) is 11.0 Å². The molecule has 1 aliphatic carbocycles. The summed E-state index contributed by atoms with van der Waals surface area (Å²) >= 11 is 0. The molecule has 1 atom stereocenters. The predicted molar refractivity (Wildman–Crippen MR) is 229 cm³/mol. The Morgan fingerprint density at radius 2 is 0.929 bits per heavy atom. The van der Waals surface area contributed by atoms with E-state index in [-0.39, 0.29) is 5.92 Å². The Morgan fingerprint density at radius 3 is 1.66 bits per heavy atom. The van der Waals surface area contributed by atoms with Crippen LogP contribution in [0.3, 0.4) is 0 Å². The SMILES string of the molecule is c1ccc(-c2ccc(-c3nc(-c4ccccc4)nc(-n4c5ccccc5c5ccc6c(c54)C(c4cccc(-c5ccccc5)c4)c4ccccc4-6)n3)cc2)cc1. The molecule has 4 heteroatoms. The molecule has 0 saturated carbocycles. The Morgan fingerprint density at radius 1 is 0.375 bits per heavy atom. The normalized spacial score (nSPS) is 13.2. The molecule has 0 radical (unpaired) electrons. The fourth-order valence-corrected chi connectivity index (χ4v) is 8.59. The zero-order valence-corrected chi connectivity index (χ0v) is 30.4. The van der Waals surface area contributed by atoms with E-state index in [0.29, 0.717) is 17.6 Å². The summed E-state index contributed by atoms with van der Waals surface area (Å²) in [5, 5.41) is 2.33. The molecule has 0 spiro atoms. The number of hydrogen-bond donors (Lipinski definition) is 0. The molecule has 1 unspecified atom stereocenters. The molecule has 0 saturated heterocycles. The summed E-state index contributed by atoms with van der Waals surface area (Å²) in [7, 11) is 0. The Bertz CT molecular complexity index is 3060. The highest BCUT2D eigenvalue weighted by Crippen LogP contribution is 2.52. The molecule has 11 rings (SSSR count). The molecule has 8 aromatic carbocycles. The van der Waals surface area contributed by atoms with Crippen LogP contribution in [0.5, 0.6) is 0 Å². The molecule has 0 aliphatic heterocycles. The van der Waals surface area contributed by atoms with Gasteiger partial charge in [-0.1, -0.05) is 194 Å². The molecule has 0 amide bonds. The maximum Gasteiger partial charge on any atom is 0.238 e. The number of hydrogen-bond acceptors (Lipinski definition) is 3. The van der Waals surface area contributed by atoms with Crippen LogP contribution in [-0.2, 0) is 0 Å². The summed E-state index contributed by atoms with van der Waals surface area (Å²) < 4.78 is 2.29. The van der Waals surface area contributed by atoms with Crippen molar-refractivity contribution < 1.29 is 0 Å². The highest BCUT2D eigenvalue weighted by molar-refractivity contribution is 6.13. The standard InChI is InChI=1S/C52H34N4/c1-4-15-34(16-5-1)36-27-29-38(30-28-36)51-53-50(37-19-8-3-9-20-37)54-52(55-51)56-46-26-13-12-24-42(46)45-32-31-44-41-23-10-11-25-43(41)47(48(44)49(45)56)40-22-14-21-39(33-40)35-17-6-2-7-18-35/h1-33,47H. The fourth-order valence-electron chi connectivity index (χ4n) is 8.59. The van der Waals surface area contributed by atoms with Crippen LogP contribution in [0.15, 0.2) is 200 Å². The number of nitrogens with zero attached hydrogens (tertiary/aromatic N) is 4. The van der Waals surface area contributed by atoms with Gasteiger partial charge >= 0.3 is 0 Å². The van der Waals surface area contributed by atoms with Crippen molar-refractivity contribution in [1.29, 1.82) is 0 Å². The third-order valence-electron chi connectivity index (χ3n) is 11.2. The first kappa shape index (κ1) is 32.0. The van der Waals surface area contributed by atoms with E-state index in [4.69, 9.17) is 15.0 Å². The van der Waals surface area contributed by atoms with Crippen LogP contribution < -0.4 is 0 Å². The molecule has 56 heavy (non-hydrogen) atoms. The van der Waals surface area contributed by atoms with E-state index >= 15 is 0 Å². The van der Waals surface area contributed by atoms with E-state index < -0.39 is 0 Å². The summed E-state index contributed by atoms with van der Waals surface area (Å²) in [5.41, 5.74) is 15.1. The number of rotatable bonds is 6. The largest absolute Gasteiger partial charge is 0.277 e. The Kier molecular flexibility index (Phi) is 7.52. The van der Waals surface area contributed by atoms with Crippen molar-refractivity contribution in [2.45, 2.75) is 5.92 Å². The second kappa shape index (κ2) is 13.2. The van der Waals surface area contributed by atoms with Gasteiger partial charge in [-0.05, 0) is 56.1 Å². The zero-order valence-electron chi connectivity index (χ0n) is 30.4. The summed E-state index contributed by atoms with van der Waals surface area (Å²) in [6, 6.07) is 71.0. The van der Waals surface area contributed by atoms with Crippen molar-refractivity contribution >= 4 is 21.8 Å². The lowest BCUT2D eigenvalue weighted by atomic mass is 9.87. The fraction of sp³-hybridized carbons (Fsp3) is 0.0192. The van der Waals surface area contributed by atoms with Gasteiger partial charge in [0.15, 0.2) is 11.6 Å². The first-order valence-corrected chi connectivity index (χ1v) is 19.1. The van der Waals surface area contributed by atoms with Gasteiger partial charge in [0.25, 0.3) is 0 Å². The third kappa shape index (κ3) is 5.26. The topological polar surface area (TPSA) is 43.6 Å². The van der Waals surface area contributed by atoms with Crippen LogP contribution in [0, 0.1) is 0 Å². The number of benzene rings is 8. The lowest BCUT2D eigenvalue weighted by Gasteiger charge is -2.18. The average molecular weight is 715 g/mol. The van der Waals surface area contributed by atoms with E-state index in [2.05, 4.69) is 180 Å². The quantitative estimate of drug-likeness (QED) is 0.172. The number of para-hydroxylation sites is 1. The van der Waals surface area contributed by atoms with Crippen LogP contribution in [0.1, 0.15) is 22.6 Å². The monoisotopic (exact) mass is 714 g/mol. The summed E-state index contributed by atoms with van der Waals surface area (Å²) in [6.07, 6.45) is 0. The number of aromatic nitrogens is 4. The molecule has 0 fully saturated rings. The van der Waals surface area contributed by atoms with E-state index in [1.165, 1.54) is 49.9 Å². The second-order valence-electron chi connectivity index (χ2n) is 14.4. The molecule has 2 heterocycles. The van der Waals surface area contributed by atoms with Gasteiger partial charge in [0.2, 0.25) is 5.95 Å². The third-order valence-corrected chi connectivity index (χ3v) is 11.2. The van der Waals surface area contributed by atoms with Crippen molar-refractivity contribution in [2.75, 3.05) is 0 Å². The molecule has 2 aromatic heterocycles. The van der Waals surface area contributed by atoms with Crippen molar-refractivity contribution in [1.82, 2.24) is 19.5 Å². The Hall–Kier alpha value is -7.43. The van der Waals surface area contributed by atoms with Gasteiger partial charge < -0.3 is 0 Å². The Labute approximate surface area is 325 Å². The minimum absolute atomic E-state index is 0.00273. The smallest absolute Gasteiger partial charge is 0.238 e. The average Bonchev–Trinajstić information content (AvgIpc) is 3.80. The predicted octanol–water partition coefficient (Wildman–Crippen LogP) is 12.8. The van der Waals surface area contributed by atoms with Gasteiger partial charge in [0.1, 0.15) is 0 Å². The van der Waals surface area contributed by atoms with Gasteiger partial charge in [-0.15, -0.1) is 0 Å². The van der Waals surface area contributed by atoms with E-state index in [1.54, 1.807) is 0 Å². The number of fused-ring (bicyclic) bond motifs is 7. The lowest BCUT2D eigenvalue weighted by Crippen LogP contribution is -2.08. The molecular formula is C52H34N4. The molecule has 0 bridgehead atoms. The second-order valence-corrected chi connectivity index (χ2v) is 14.4. The molecule has 1 aliphatic rings. The van der Waals surface area contributed by atoms with Crippen LogP contribution in [0.25, 0.3) is 83.9 Å². The first-order valence-electron chi connectivity index (χ1n) is 19.1. The van der Waals surface area contributed by atoms with Crippen molar-refractivity contribution in [2.24, 2.45) is 0 Å². The zero-order chi connectivity index (χ0) is 37.0. The lowest BCUT2D eigenvalue weighted by molar-refractivity contribution is 0.941. The summed E-state index contributed by atoms with van der Waals surface area (Å²) in [6.45, 7) is 0. The van der Waals surface area contributed by atoms with Crippen LogP contribution in [-0.4, -0.2) is 19.5 Å². The highest BCUT2D eigenvalue weighted by atomic mass is 15.2. The van der Waals surface area contributed by atoms with Crippen molar-refractivity contribution in [3.05, 3.63) is 217 Å². The maximum absolute atomic E-state index is 5.34. The highest BCUT2D eigenvalue weighted by Gasteiger charge is 2.34. The van der Waals surface area contributed by atoms with Gasteiger partial charge in [-0.2, -0.15) is 9.97 Å². The van der Waals surface area contributed by atoms with Crippen LogP contribution in [0.2, 0.25) is 0 Å². The van der Waals surface area contributed by atoms with Crippen molar-refractivity contribution in [3.8, 4) is 62.1 Å². The Balaban J connectivity index is 1.18. The van der Waals surface area contributed by atoms with Crippen LogP contribution >= 0.6 is 0 Å². The maximum atomic E-state index is 5.34. The molecule has 0 N–H and O–H groups in total. The molecule has 4 nitrogen and oxygen atoms in total. The van der Waals surface area contributed by atoms with Crippen LogP contribution in [0.4, 0.5) is 0 Å². The van der Waals surface area contributed by atoms with Gasteiger partial charge in [0, 0.05) is 27.8 Å². The molecule has 10 aromatic rings. The molecule has 262 valence electrons. The van der Waals surface area contributed by atoms with Gasteiger partial charge in [-0.3, -0.25) is 4.57 Å². The van der Waals surface area contributed by atoms with E-state index in [0.717, 1.165) is 33.1 Å². The summed E-state index contributed by atoms with van der Waals surface area (Å²) in [5.74, 6) is 1.85. The minimum Gasteiger partial charge on any atom is -0.277 e. The first-order chi connectivity index (χ1) is 27.8. The van der Waals surface area contributed by atoms with E-state index in [1.807, 2.05) is 24.3 Å². The van der Waals surface area contributed by atoms with Gasteiger partial charge in [-0.25, -0.2) is 4.98 Å².